The van der Waals surface area contributed by atoms with Gasteiger partial charge in [-0.25, -0.2) is 4.79 Å². The lowest BCUT2D eigenvalue weighted by Crippen LogP contribution is -2.11. The molecule has 0 amide bonds. The van der Waals surface area contributed by atoms with Crippen LogP contribution >= 0.6 is 0 Å². The number of benzene rings is 5. The molecule has 5 nitrogen and oxygen atoms in total. The standard InChI is InChI=1S/C47H53NO4/c1-5-9-11-33(7-3)31-51-41-23-15-35(16-24-41)38-19-27-45-43(29-38)44-30-39(20-28-46(44)48(45)40-21-13-37(14-22-40)47(49)50)36-17-25-42(26-18-36)52-32-34(8-4)12-10-6-2/h13-30,33-34H,5-12,31-32H2,1-4H3,(H,49,50). The molecule has 6 rings (SSSR count). The topological polar surface area (TPSA) is 60.7 Å². The maximum Gasteiger partial charge on any atom is 0.335 e. The summed E-state index contributed by atoms with van der Waals surface area (Å²) in [6.07, 6.45) is 9.61. The maximum absolute atomic E-state index is 11.6. The van der Waals surface area contributed by atoms with Crippen molar-refractivity contribution in [2.24, 2.45) is 11.8 Å². The number of unbranched alkanes of at least 4 members (excludes halogenated alkanes) is 2. The zero-order chi connectivity index (χ0) is 36.5. The molecule has 5 heteroatoms. The SMILES string of the molecule is CCCCC(CC)COc1ccc(-c2ccc3c(c2)c2cc(-c4ccc(OCC(CC)CCCC)cc4)ccc2n3-c2ccc(C(=O)O)cc2)cc1. The molecule has 0 bridgehead atoms. The molecule has 1 N–H and O–H groups in total. The Morgan fingerprint density at radius 3 is 1.38 bits per heavy atom. The smallest absolute Gasteiger partial charge is 0.335 e. The van der Waals surface area contributed by atoms with Gasteiger partial charge in [0.2, 0.25) is 0 Å². The van der Waals surface area contributed by atoms with Crippen LogP contribution in [0.15, 0.2) is 109 Å². The lowest BCUT2D eigenvalue weighted by Gasteiger charge is -2.15. The Bertz CT molecular complexity index is 1940. The van der Waals surface area contributed by atoms with Crippen molar-refractivity contribution in [3.05, 3.63) is 115 Å². The van der Waals surface area contributed by atoms with E-state index in [1.807, 2.05) is 12.1 Å². The first-order valence-corrected chi connectivity index (χ1v) is 19.3. The maximum atomic E-state index is 11.6. The molecule has 0 fully saturated rings. The summed E-state index contributed by atoms with van der Waals surface area (Å²) >= 11 is 0. The van der Waals surface area contributed by atoms with Gasteiger partial charge in [-0.05, 0) is 120 Å². The van der Waals surface area contributed by atoms with Gasteiger partial charge < -0.3 is 19.1 Å². The van der Waals surface area contributed by atoms with Crippen molar-refractivity contribution < 1.29 is 19.4 Å². The lowest BCUT2D eigenvalue weighted by molar-refractivity contribution is 0.0697. The van der Waals surface area contributed by atoms with Crippen molar-refractivity contribution in [3.8, 4) is 39.4 Å². The van der Waals surface area contributed by atoms with Crippen molar-refractivity contribution in [1.29, 1.82) is 0 Å². The van der Waals surface area contributed by atoms with Crippen LogP contribution in [0.2, 0.25) is 0 Å². The van der Waals surface area contributed by atoms with Crippen LogP contribution in [-0.4, -0.2) is 28.9 Å². The molecule has 0 saturated carbocycles. The second-order valence-corrected chi connectivity index (χ2v) is 14.2. The van der Waals surface area contributed by atoms with Crippen molar-refractivity contribution >= 4 is 27.8 Å². The van der Waals surface area contributed by atoms with Crippen molar-refractivity contribution in [3.63, 3.8) is 0 Å². The summed E-state index contributed by atoms with van der Waals surface area (Å²) in [5.41, 5.74) is 7.84. The summed E-state index contributed by atoms with van der Waals surface area (Å²) in [7, 11) is 0. The molecule has 0 saturated heterocycles. The monoisotopic (exact) mass is 695 g/mol. The van der Waals surface area contributed by atoms with Crippen LogP contribution in [0.3, 0.4) is 0 Å². The first kappa shape index (κ1) is 36.8. The van der Waals surface area contributed by atoms with Crippen LogP contribution in [0, 0.1) is 11.8 Å². The number of ether oxygens (including phenoxy) is 2. The summed E-state index contributed by atoms with van der Waals surface area (Å²) in [5.74, 6) is 2.06. The molecule has 0 aliphatic heterocycles. The highest BCUT2D eigenvalue weighted by molar-refractivity contribution is 6.11. The highest BCUT2D eigenvalue weighted by Gasteiger charge is 2.16. The number of rotatable bonds is 18. The Labute approximate surface area is 309 Å². The van der Waals surface area contributed by atoms with Crippen LogP contribution in [0.5, 0.6) is 11.5 Å². The number of aromatic carboxylic acids is 1. The molecule has 1 aromatic heterocycles. The van der Waals surface area contributed by atoms with Crippen LogP contribution in [0.4, 0.5) is 0 Å². The highest BCUT2D eigenvalue weighted by atomic mass is 16.5. The van der Waals surface area contributed by atoms with E-state index in [9.17, 15) is 9.90 Å². The molecule has 0 radical (unpaired) electrons. The van der Waals surface area contributed by atoms with Crippen molar-refractivity contribution in [2.45, 2.75) is 79.1 Å². The minimum atomic E-state index is -0.931. The first-order valence-electron chi connectivity index (χ1n) is 19.3. The number of aromatic nitrogens is 1. The Balaban J connectivity index is 1.33. The predicted octanol–water partition coefficient (Wildman–Crippen LogP) is 13.0. The van der Waals surface area contributed by atoms with E-state index in [4.69, 9.17) is 9.47 Å². The van der Waals surface area contributed by atoms with Crippen LogP contribution in [0.1, 0.15) is 89.4 Å². The summed E-state index contributed by atoms with van der Waals surface area (Å²) in [6.45, 7) is 10.5. The Morgan fingerprint density at radius 2 is 1.00 bits per heavy atom. The molecule has 2 unspecified atom stereocenters. The van der Waals surface area contributed by atoms with E-state index < -0.39 is 5.97 Å². The van der Waals surface area contributed by atoms with Crippen molar-refractivity contribution in [1.82, 2.24) is 4.57 Å². The third-order valence-electron chi connectivity index (χ3n) is 10.6. The fourth-order valence-corrected chi connectivity index (χ4v) is 7.13. The van der Waals surface area contributed by atoms with E-state index in [2.05, 4.69) is 117 Å². The second kappa shape index (κ2) is 17.5. The second-order valence-electron chi connectivity index (χ2n) is 14.2. The molecule has 0 spiro atoms. The Kier molecular flexibility index (Phi) is 12.3. The normalized spacial score (nSPS) is 12.6. The van der Waals surface area contributed by atoms with Gasteiger partial charge in [0.05, 0.1) is 29.8 Å². The molecule has 5 aromatic carbocycles. The summed E-state index contributed by atoms with van der Waals surface area (Å²) in [5, 5.41) is 11.8. The van der Waals surface area contributed by atoms with Gasteiger partial charge in [-0.1, -0.05) is 103 Å². The number of carboxylic acids is 1. The van der Waals surface area contributed by atoms with E-state index in [-0.39, 0.29) is 5.56 Å². The van der Waals surface area contributed by atoms with Crippen LogP contribution in [0.25, 0.3) is 49.7 Å². The van der Waals surface area contributed by atoms with E-state index in [1.54, 1.807) is 12.1 Å². The molecule has 0 aliphatic rings. The number of hydrogen-bond acceptors (Lipinski definition) is 3. The number of carboxylic acid groups (broad SMARTS) is 1. The zero-order valence-corrected chi connectivity index (χ0v) is 31.2. The largest absolute Gasteiger partial charge is 0.493 e. The van der Waals surface area contributed by atoms with Gasteiger partial charge in [-0.15, -0.1) is 0 Å². The number of hydrogen-bond donors (Lipinski definition) is 1. The molecular weight excluding hydrogens is 643 g/mol. The van der Waals surface area contributed by atoms with Gasteiger partial charge in [0.15, 0.2) is 0 Å². The zero-order valence-electron chi connectivity index (χ0n) is 31.2. The number of nitrogens with zero attached hydrogens (tertiary/aromatic N) is 1. The lowest BCUT2D eigenvalue weighted by atomic mass is 10.00. The summed E-state index contributed by atoms with van der Waals surface area (Å²) < 4.78 is 14.6. The average Bonchev–Trinajstić information content (AvgIpc) is 3.51. The van der Waals surface area contributed by atoms with Gasteiger partial charge in [-0.2, -0.15) is 0 Å². The van der Waals surface area contributed by atoms with Crippen molar-refractivity contribution in [2.75, 3.05) is 13.2 Å². The highest BCUT2D eigenvalue weighted by Crippen LogP contribution is 2.38. The average molecular weight is 696 g/mol. The molecule has 0 aliphatic carbocycles. The molecule has 52 heavy (non-hydrogen) atoms. The minimum Gasteiger partial charge on any atom is -0.493 e. The predicted molar refractivity (Wildman–Crippen MR) is 216 cm³/mol. The van der Waals surface area contributed by atoms with Gasteiger partial charge in [0.25, 0.3) is 0 Å². The van der Waals surface area contributed by atoms with E-state index in [0.29, 0.717) is 11.8 Å². The molecule has 2 atom stereocenters. The number of carbonyl (C=O) groups is 1. The summed E-state index contributed by atoms with van der Waals surface area (Å²) in [6, 6.07) is 37.3. The number of fused-ring (bicyclic) bond motifs is 3. The fraction of sp³-hybridized carbons (Fsp3) is 0.340. The quantitative estimate of drug-likeness (QED) is 0.0972. The fourth-order valence-electron chi connectivity index (χ4n) is 7.13. The molecule has 270 valence electrons. The van der Waals surface area contributed by atoms with E-state index >= 15 is 0 Å². The molecular formula is C47H53NO4. The van der Waals surface area contributed by atoms with Gasteiger partial charge in [-0.3, -0.25) is 0 Å². The summed E-state index contributed by atoms with van der Waals surface area (Å²) in [4.78, 5) is 11.6. The third kappa shape index (κ3) is 8.53. The van der Waals surface area contributed by atoms with E-state index in [0.717, 1.165) is 87.3 Å². The van der Waals surface area contributed by atoms with Crippen LogP contribution < -0.4 is 9.47 Å². The first-order chi connectivity index (χ1) is 25.4. The molecule has 6 aromatic rings. The van der Waals surface area contributed by atoms with Gasteiger partial charge in [0.1, 0.15) is 11.5 Å². The Hall–Kier alpha value is -5.03. The van der Waals surface area contributed by atoms with Gasteiger partial charge >= 0.3 is 5.97 Å². The van der Waals surface area contributed by atoms with Crippen LogP contribution in [-0.2, 0) is 0 Å². The molecule has 1 heterocycles. The third-order valence-corrected chi connectivity index (χ3v) is 10.6. The minimum absolute atomic E-state index is 0.270. The van der Waals surface area contributed by atoms with Gasteiger partial charge in [0, 0.05) is 16.5 Å². The van der Waals surface area contributed by atoms with E-state index in [1.165, 1.54) is 38.5 Å². The Morgan fingerprint density at radius 1 is 0.577 bits per heavy atom.